The number of hydrogen-bond acceptors (Lipinski definition) is 3. The zero-order chi connectivity index (χ0) is 18.8. The van der Waals surface area contributed by atoms with Gasteiger partial charge in [0, 0.05) is 49.4 Å². The van der Waals surface area contributed by atoms with Crippen LogP contribution in [0.5, 0.6) is 0 Å². The molecule has 4 rings (SSSR count). The fourth-order valence-electron chi connectivity index (χ4n) is 4.46. The number of piperazine rings is 1. The maximum Gasteiger partial charge on any atom is 0.227 e. The standard InChI is InChI=1S/C22H31N3O2/c1-16(17-4-2-3-5-17)21(26)23-19-8-10-20(11-9-19)24-12-14-25(15-13-24)22(27)18-6-7-18/h8-11,16-18H,2-7,12-15H2,1H3,(H,23,26). The lowest BCUT2D eigenvalue weighted by molar-refractivity contribution is -0.132. The van der Waals surface area contributed by atoms with Gasteiger partial charge in [0.2, 0.25) is 11.8 Å². The van der Waals surface area contributed by atoms with Crippen LogP contribution in [0.2, 0.25) is 0 Å². The van der Waals surface area contributed by atoms with Crippen molar-refractivity contribution in [2.75, 3.05) is 36.4 Å². The zero-order valence-corrected chi connectivity index (χ0v) is 16.3. The largest absolute Gasteiger partial charge is 0.368 e. The molecule has 5 nitrogen and oxygen atoms in total. The molecule has 27 heavy (non-hydrogen) atoms. The molecule has 2 aliphatic carbocycles. The highest BCUT2D eigenvalue weighted by molar-refractivity contribution is 5.92. The van der Waals surface area contributed by atoms with Crippen molar-refractivity contribution in [1.82, 2.24) is 4.90 Å². The first kappa shape index (κ1) is 18.3. The number of carbonyl (C=O) groups is 2. The maximum atomic E-state index is 12.5. The summed E-state index contributed by atoms with van der Waals surface area (Å²) in [6, 6.07) is 8.15. The van der Waals surface area contributed by atoms with E-state index in [0.717, 1.165) is 50.4 Å². The number of carbonyl (C=O) groups excluding carboxylic acids is 2. The summed E-state index contributed by atoms with van der Waals surface area (Å²) in [6.07, 6.45) is 7.04. The van der Waals surface area contributed by atoms with Gasteiger partial charge >= 0.3 is 0 Å². The summed E-state index contributed by atoms with van der Waals surface area (Å²) in [4.78, 5) is 29.0. The summed E-state index contributed by atoms with van der Waals surface area (Å²) in [7, 11) is 0. The summed E-state index contributed by atoms with van der Waals surface area (Å²) in [6.45, 7) is 5.44. The van der Waals surface area contributed by atoms with Crippen molar-refractivity contribution in [3.05, 3.63) is 24.3 Å². The van der Waals surface area contributed by atoms with E-state index in [0.29, 0.717) is 17.7 Å². The summed E-state index contributed by atoms with van der Waals surface area (Å²) in [5, 5.41) is 3.08. The van der Waals surface area contributed by atoms with Crippen LogP contribution in [-0.2, 0) is 9.59 Å². The third-order valence-corrected chi connectivity index (χ3v) is 6.54. The highest BCUT2D eigenvalue weighted by Crippen LogP contribution is 2.33. The van der Waals surface area contributed by atoms with Gasteiger partial charge < -0.3 is 15.1 Å². The van der Waals surface area contributed by atoms with Gasteiger partial charge in [0.1, 0.15) is 0 Å². The Kier molecular flexibility index (Phi) is 5.37. The Hall–Kier alpha value is -2.04. The van der Waals surface area contributed by atoms with Crippen LogP contribution in [0.3, 0.4) is 0 Å². The fraction of sp³-hybridized carbons (Fsp3) is 0.636. The van der Waals surface area contributed by atoms with Crippen molar-refractivity contribution in [3.63, 3.8) is 0 Å². The predicted molar refractivity (Wildman–Crippen MR) is 108 cm³/mol. The summed E-state index contributed by atoms with van der Waals surface area (Å²) in [5.41, 5.74) is 2.03. The minimum Gasteiger partial charge on any atom is -0.368 e. The summed E-state index contributed by atoms with van der Waals surface area (Å²) >= 11 is 0. The SMILES string of the molecule is CC(C(=O)Nc1ccc(N2CCN(C(=O)C3CC3)CC2)cc1)C1CCCC1. The van der Waals surface area contributed by atoms with E-state index in [1.165, 1.54) is 25.7 Å². The molecule has 2 saturated carbocycles. The number of anilines is 2. The third-order valence-electron chi connectivity index (χ3n) is 6.54. The van der Waals surface area contributed by atoms with Crippen LogP contribution in [0.1, 0.15) is 45.4 Å². The normalized spacial score (nSPS) is 22.0. The van der Waals surface area contributed by atoms with E-state index in [1.54, 1.807) is 0 Å². The molecule has 3 fully saturated rings. The van der Waals surface area contributed by atoms with Crippen LogP contribution >= 0.6 is 0 Å². The fourth-order valence-corrected chi connectivity index (χ4v) is 4.46. The second-order valence-corrected chi connectivity index (χ2v) is 8.46. The highest BCUT2D eigenvalue weighted by Gasteiger charge is 2.34. The van der Waals surface area contributed by atoms with Crippen molar-refractivity contribution in [3.8, 4) is 0 Å². The van der Waals surface area contributed by atoms with Crippen molar-refractivity contribution in [1.29, 1.82) is 0 Å². The Balaban J connectivity index is 1.28. The van der Waals surface area contributed by atoms with Crippen LogP contribution < -0.4 is 10.2 Å². The zero-order valence-electron chi connectivity index (χ0n) is 16.3. The van der Waals surface area contributed by atoms with E-state index in [4.69, 9.17) is 0 Å². The first-order valence-corrected chi connectivity index (χ1v) is 10.6. The molecule has 0 radical (unpaired) electrons. The average molecular weight is 370 g/mol. The Morgan fingerprint density at radius 2 is 1.59 bits per heavy atom. The van der Waals surface area contributed by atoms with Crippen molar-refractivity contribution < 1.29 is 9.59 Å². The van der Waals surface area contributed by atoms with Crippen LogP contribution in [0.15, 0.2) is 24.3 Å². The smallest absolute Gasteiger partial charge is 0.227 e. The van der Waals surface area contributed by atoms with E-state index >= 15 is 0 Å². The topological polar surface area (TPSA) is 52.7 Å². The van der Waals surface area contributed by atoms with Gasteiger partial charge in [-0.25, -0.2) is 0 Å². The van der Waals surface area contributed by atoms with Gasteiger partial charge in [-0.15, -0.1) is 0 Å². The van der Waals surface area contributed by atoms with E-state index in [2.05, 4.69) is 29.3 Å². The Labute approximate surface area is 162 Å². The predicted octanol–water partition coefficient (Wildman–Crippen LogP) is 3.51. The molecule has 2 amide bonds. The van der Waals surface area contributed by atoms with Crippen LogP contribution in [0.4, 0.5) is 11.4 Å². The average Bonchev–Trinajstić information content (AvgIpc) is 3.41. The van der Waals surface area contributed by atoms with Gasteiger partial charge in [-0.1, -0.05) is 19.8 Å². The second-order valence-electron chi connectivity index (χ2n) is 8.46. The quantitative estimate of drug-likeness (QED) is 0.864. The molecule has 146 valence electrons. The molecular weight excluding hydrogens is 338 g/mol. The Morgan fingerprint density at radius 3 is 2.19 bits per heavy atom. The molecule has 1 heterocycles. The minimum absolute atomic E-state index is 0.0873. The molecule has 5 heteroatoms. The monoisotopic (exact) mass is 369 g/mol. The number of rotatable bonds is 5. The Bertz CT molecular complexity index is 669. The van der Waals surface area contributed by atoms with E-state index < -0.39 is 0 Å². The molecule has 0 spiro atoms. The van der Waals surface area contributed by atoms with Gasteiger partial charge in [0.15, 0.2) is 0 Å². The Morgan fingerprint density at radius 1 is 0.963 bits per heavy atom. The molecule has 0 aromatic heterocycles. The molecule has 1 atom stereocenters. The number of amides is 2. The van der Waals surface area contributed by atoms with Crippen LogP contribution in [0, 0.1) is 17.8 Å². The molecule has 0 bridgehead atoms. The van der Waals surface area contributed by atoms with Crippen molar-refractivity contribution in [2.45, 2.75) is 45.4 Å². The molecule has 1 unspecified atom stereocenters. The van der Waals surface area contributed by atoms with E-state index in [1.807, 2.05) is 17.0 Å². The van der Waals surface area contributed by atoms with E-state index in [-0.39, 0.29) is 11.8 Å². The maximum absolute atomic E-state index is 12.5. The van der Waals surface area contributed by atoms with Gasteiger partial charge in [0.05, 0.1) is 0 Å². The third kappa shape index (κ3) is 4.28. The number of nitrogens with zero attached hydrogens (tertiary/aromatic N) is 2. The molecule has 1 aromatic rings. The van der Waals surface area contributed by atoms with Gasteiger partial charge in [0.25, 0.3) is 0 Å². The van der Waals surface area contributed by atoms with Gasteiger partial charge in [-0.05, 0) is 55.9 Å². The molecule has 3 aliphatic rings. The van der Waals surface area contributed by atoms with Crippen LogP contribution in [-0.4, -0.2) is 42.9 Å². The summed E-state index contributed by atoms with van der Waals surface area (Å²) in [5.74, 6) is 1.43. The minimum atomic E-state index is 0.0873. The lowest BCUT2D eigenvalue weighted by Gasteiger charge is -2.36. The first-order chi connectivity index (χ1) is 13.1. The molecule has 1 aromatic carbocycles. The van der Waals surface area contributed by atoms with Crippen LogP contribution in [0.25, 0.3) is 0 Å². The summed E-state index contributed by atoms with van der Waals surface area (Å²) < 4.78 is 0. The number of benzene rings is 1. The highest BCUT2D eigenvalue weighted by atomic mass is 16.2. The second kappa shape index (κ2) is 7.91. The molecule has 1 aliphatic heterocycles. The molecule has 1 N–H and O–H groups in total. The van der Waals surface area contributed by atoms with Crippen molar-refractivity contribution in [2.24, 2.45) is 17.8 Å². The lowest BCUT2D eigenvalue weighted by atomic mass is 9.92. The first-order valence-electron chi connectivity index (χ1n) is 10.6. The van der Waals surface area contributed by atoms with Crippen molar-refractivity contribution >= 4 is 23.2 Å². The van der Waals surface area contributed by atoms with Gasteiger partial charge in [-0.3, -0.25) is 9.59 Å². The number of hydrogen-bond donors (Lipinski definition) is 1. The number of nitrogens with one attached hydrogen (secondary N) is 1. The van der Waals surface area contributed by atoms with E-state index in [9.17, 15) is 9.59 Å². The molecular formula is C22H31N3O2. The molecule has 1 saturated heterocycles. The van der Waals surface area contributed by atoms with Gasteiger partial charge in [-0.2, -0.15) is 0 Å². The lowest BCUT2D eigenvalue weighted by Crippen LogP contribution is -2.49.